The highest BCUT2D eigenvalue weighted by Crippen LogP contribution is 2.28. The van der Waals surface area contributed by atoms with Crippen LogP contribution in [0.4, 0.5) is 11.4 Å². The number of aryl methyl sites for hydroxylation is 1. The number of thioether (sulfide) groups is 1. The first-order valence-electron chi connectivity index (χ1n) is 6.52. The van der Waals surface area contributed by atoms with Gasteiger partial charge in [0.05, 0.1) is 12.9 Å². The van der Waals surface area contributed by atoms with Gasteiger partial charge in [0, 0.05) is 16.3 Å². The van der Waals surface area contributed by atoms with E-state index in [1.54, 1.807) is 13.2 Å². The van der Waals surface area contributed by atoms with E-state index in [1.807, 2.05) is 43.3 Å². The minimum absolute atomic E-state index is 0.0749. The second-order valence-corrected chi connectivity index (χ2v) is 5.58. The summed E-state index contributed by atoms with van der Waals surface area (Å²) in [7, 11) is 1.62. The number of benzene rings is 2. The van der Waals surface area contributed by atoms with Gasteiger partial charge in [-0.05, 0) is 36.8 Å². The molecule has 0 spiro atoms. The average Bonchev–Trinajstić information content (AvgIpc) is 2.49. The topological polar surface area (TPSA) is 64.3 Å². The number of rotatable bonds is 5. The quantitative estimate of drug-likeness (QED) is 0.657. The van der Waals surface area contributed by atoms with Gasteiger partial charge < -0.3 is 15.8 Å². The Balaban J connectivity index is 1.94. The van der Waals surface area contributed by atoms with Crippen LogP contribution in [0, 0.1) is 6.92 Å². The molecule has 0 aliphatic heterocycles. The van der Waals surface area contributed by atoms with Crippen LogP contribution >= 0.6 is 11.8 Å². The molecular formula is C16H18N2O2S. The Morgan fingerprint density at radius 3 is 2.76 bits per heavy atom. The van der Waals surface area contributed by atoms with Crippen LogP contribution < -0.4 is 15.8 Å². The Morgan fingerprint density at radius 1 is 1.29 bits per heavy atom. The Hall–Kier alpha value is -2.14. The molecule has 2 aromatic rings. The van der Waals surface area contributed by atoms with Crippen molar-refractivity contribution in [2.75, 3.05) is 23.9 Å². The Bertz CT molecular complexity index is 644. The molecule has 110 valence electrons. The molecule has 21 heavy (non-hydrogen) atoms. The second-order valence-electron chi connectivity index (χ2n) is 4.56. The molecule has 0 aliphatic carbocycles. The summed E-state index contributed by atoms with van der Waals surface area (Å²) in [5.74, 6) is 1.01. The maximum absolute atomic E-state index is 12.0. The molecule has 2 rings (SSSR count). The maximum Gasteiger partial charge on any atom is 0.234 e. The zero-order chi connectivity index (χ0) is 15.2. The molecule has 0 heterocycles. The first-order valence-corrected chi connectivity index (χ1v) is 7.50. The predicted molar refractivity (Wildman–Crippen MR) is 87.9 cm³/mol. The molecule has 0 fully saturated rings. The fourth-order valence-corrected chi connectivity index (χ4v) is 2.62. The summed E-state index contributed by atoms with van der Waals surface area (Å²) >= 11 is 1.44. The Kier molecular flexibility index (Phi) is 5.11. The van der Waals surface area contributed by atoms with Crippen molar-refractivity contribution < 1.29 is 9.53 Å². The van der Waals surface area contributed by atoms with Crippen molar-refractivity contribution in [3.63, 3.8) is 0 Å². The van der Waals surface area contributed by atoms with E-state index in [9.17, 15) is 4.79 Å². The van der Waals surface area contributed by atoms with Crippen molar-refractivity contribution in [3.05, 3.63) is 48.0 Å². The SMILES string of the molecule is COc1ccccc1SCC(=O)Nc1ccc(C)c(N)c1. The van der Waals surface area contributed by atoms with Gasteiger partial charge in [0.1, 0.15) is 5.75 Å². The van der Waals surface area contributed by atoms with Crippen molar-refractivity contribution in [1.29, 1.82) is 0 Å². The number of nitrogens with two attached hydrogens (primary N) is 1. The lowest BCUT2D eigenvalue weighted by atomic mass is 10.2. The van der Waals surface area contributed by atoms with Crippen LogP contribution in [-0.4, -0.2) is 18.8 Å². The second kappa shape index (κ2) is 7.04. The summed E-state index contributed by atoms with van der Waals surface area (Å²) in [4.78, 5) is 12.9. The van der Waals surface area contributed by atoms with Crippen LogP contribution in [0.15, 0.2) is 47.4 Å². The van der Waals surface area contributed by atoms with Crippen molar-refractivity contribution in [2.24, 2.45) is 0 Å². The number of anilines is 2. The van der Waals surface area contributed by atoms with E-state index in [0.29, 0.717) is 17.1 Å². The number of para-hydroxylation sites is 1. The molecule has 0 unspecified atom stereocenters. The van der Waals surface area contributed by atoms with Crippen LogP contribution in [0.25, 0.3) is 0 Å². The van der Waals surface area contributed by atoms with Gasteiger partial charge in [-0.15, -0.1) is 11.8 Å². The van der Waals surface area contributed by atoms with Gasteiger partial charge in [-0.25, -0.2) is 0 Å². The largest absolute Gasteiger partial charge is 0.496 e. The number of nitrogen functional groups attached to an aromatic ring is 1. The van der Waals surface area contributed by atoms with E-state index in [-0.39, 0.29) is 5.91 Å². The molecule has 3 N–H and O–H groups in total. The number of nitrogens with one attached hydrogen (secondary N) is 1. The Labute approximate surface area is 128 Å². The molecule has 5 heteroatoms. The van der Waals surface area contributed by atoms with Gasteiger partial charge in [0.25, 0.3) is 0 Å². The lowest BCUT2D eigenvalue weighted by Crippen LogP contribution is -2.14. The average molecular weight is 302 g/mol. The standard InChI is InChI=1S/C16H18N2O2S/c1-11-7-8-12(9-13(11)17)18-16(19)10-21-15-6-4-3-5-14(15)20-2/h3-9H,10,17H2,1-2H3,(H,18,19). The monoisotopic (exact) mass is 302 g/mol. The predicted octanol–water partition coefficient (Wildman–Crippen LogP) is 3.32. The molecule has 4 nitrogen and oxygen atoms in total. The summed E-state index contributed by atoms with van der Waals surface area (Å²) in [6.45, 7) is 1.93. The van der Waals surface area contributed by atoms with E-state index in [0.717, 1.165) is 16.2 Å². The van der Waals surface area contributed by atoms with Gasteiger partial charge in [0.2, 0.25) is 5.91 Å². The fourth-order valence-electron chi connectivity index (χ4n) is 1.80. The lowest BCUT2D eigenvalue weighted by molar-refractivity contribution is -0.113. The number of ether oxygens (including phenoxy) is 1. The third-order valence-corrected chi connectivity index (χ3v) is 4.05. The van der Waals surface area contributed by atoms with Gasteiger partial charge >= 0.3 is 0 Å². The third kappa shape index (κ3) is 4.16. The first kappa shape index (κ1) is 15.3. The van der Waals surface area contributed by atoms with Crippen LogP contribution in [0.1, 0.15) is 5.56 Å². The van der Waals surface area contributed by atoms with Crippen molar-refractivity contribution in [2.45, 2.75) is 11.8 Å². The van der Waals surface area contributed by atoms with E-state index in [2.05, 4.69) is 5.32 Å². The summed E-state index contributed by atoms with van der Waals surface area (Å²) in [6.07, 6.45) is 0. The zero-order valence-corrected chi connectivity index (χ0v) is 12.9. The van der Waals surface area contributed by atoms with E-state index >= 15 is 0 Å². The molecule has 0 saturated heterocycles. The van der Waals surface area contributed by atoms with Crippen LogP contribution in [0.5, 0.6) is 5.75 Å². The minimum atomic E-state index is -0.0749. The maximum atomic E-state index is 12.0. The smallest absolute Gasteiger partial charge is 0.234 e. The van der Waals surface area contributed by atoms with Crippen molar-refractivity contribution in [1.82, 2.24) is 0 Å². The summed E-state index contributed by atoms with van der Waals surface area (Å²) in [6, 6.07) is 13.1. The van der Waals surface area contributed by atoms with Gasteiger partial charge in [-0.2, -0.15) is 0 Å². The van der Waals surface area contributed by atoms with Crippen LogP contribution in [0.3, 0.4) is 0 Å². The third-order valence-electron chi connectivity index (χ3n) is 2.99. The molecule has 1 amide bonds. The van der Waals surface area contributed by atoms with Crippen LogP contribution in [-0.2, 0) is 4.79 Å². The molecule has 0 saturated carbocycles. The number of carbonyl (C=O) groups excluding carboxylic acids is 1. The lowest BCUT2D eigenvalue weighted by Gasteiger charge is -2.09. The Morgan fingerprint density at radius 2 is 2.05 bits per heavy atom. The van der Waals surface area contributed by atoms with Gasteiger partial charge in [0.15, 0.2) is 0 Å². The van der Waals surface area contributed by atoms with E-state index < -0.39 is 0 Å². The molecular weight excluding hydrogens is 284 g/mol. The molecule has 0 aliphatic rings. The zero-order valence-electron chi connectivity index (χ0n) is 12.1. The molecule has 0 radical (unpaired) electrons. The van der Waals surface area contributed by atoms with Gasteiger partial charge in [-0.3, -0.25) is 4.79 Å². The summed E-state index contributed by atoms with van der Waals surface area (Å²) in [5, 5.41) is 2.84. The number of amides is 1. The molecule has 0 atom stereocenters. The highest BCUT2D eigenvalue weighted by atomic mass is 32.2. The fraction of sp³-hybridized carbons (Fsp3) is 0.188. The summed E-state index contributed by atoms with van der Waals surface area (Å²) < 4.78 is 5.26. The molecule has 2 aromatic carbocycles. The number of hydrogen-bond acceptors (Lipinski definition) is 4. The first-order chi connectivity index (χ1) is 10.1. The number of carbonyl (C=O) groups is 1. The normalized spacial score (nSPS) is 10.2. The molecule has 0 bridgehead atoms. The highest BCUT2D eigenvalue weighted by molar-refractivity contribution is 8.00. The summed E-state index contributed by atoms with van der Waals surface area (Å²) in [5.41, 5.74) is 8.21. The van der Waals surface area contributed by atoms with Crippen LogP contribution in [0.2, 0.25) is 0 Å². The van der Waals surface area contributed by atoms with E-state index in [1.165, 1.54) is 11.8 Å². The number of methoxy groups -OCH3 is 1. The number of hydrogen-bond donors (Lipinski definition) is 2. The minimum Gasteiger partial charge on any atom is -0.496 e. The van der Waals surface area contributed by atoms with Gasteiger partial charge in [-0.1, -0.05) is 18.2 Å². The highest BCUT2D eigenvalue weighted by Gasteiger charge is 2.07. The van der Waals surface area contributed by atoms with Crippen molar-refractivity contribution in [3.8, 4) is 5.75 Å². The van der Waals surface area contributed by atoms with Crippen molar-refractivity contribution >= 4 is 29.0 Å². The van der Waals surface area contributed by atoms with E-state index in [4.69, 9.17) is 10.5 Å². The molecule has 0 aromatic heterocycles.